The molecule has 0 spiro atoms. The second kappa shape index (κ2) is 5.58. The van der Waals surface area contributed by atoms with E-state index in [2.05, 4.69) is 97.2 Å². The van der Waals surface area contributed by atoms with Crippen molar-refractivity contribution < 1.29 is 0 Å². The van der Waals surface area contributed by atoms with Crippen LogP contribution in [0, 0.1) is 23.2 Å². The van der Waals surface area contributed by atoms with Gasteiger partial charge in [-0.05, 0) is 65.2 Å². The first kappa shape index (κ1) is 15.1. The zero-order chi connectivity index (χ0) is 13.5. The number of alkyl halides is 1. The van der Waals surface area contributed by atoms with E-state index in [1.54, 1.807) is 5.57 Å². The van der Waals surface area contributed by atoms with E-state index in [1.165, 1.54) is 10.0 Å². The highest BCUT2D eigenvalue weighted by Crippen LogP contribution is 2.57. The van der Waals surface area contributed by atoms with E-state index >= 15 is 0 Å². The van der Waals surface area contributed by atoms with Crippen LogP contribution < -0.4 is 0 Å². The van der Waals surface area contributed by atoms with Gasteiger partial charge < -0.3 is 0 Å². The standard InChI is InChI=1S/C16H22I2/c1-10(17)5-7-13-11(2)16(3,4)15-9-12(18)6-8-14(13)15/h5-7,9-11,13-14H,8H2,1-4H3/b7-5-. The topological polar surface area (TPSA) is 0 Å². The maximum Gasteiger partial charge on any atom is 0.0261 e. The first-order valence-corrected chi connectivity index (χ1v) is 9.06. The van der Waals surface area contributed by atoms with Gasteiger partial charge in [-0.1, -0.05) is 67.2 Å². The van der Waals surface area contributed by atoms with Crippen LogP contribution in [-0.2, 0) is 0 Å². The number of rotatable bonds is 2. The summed E-state index contributed by atoms with van der Waals surface area (Å²) in [5, 5.41) is 0. The average molecular weight is 468 g/mol. The summed E-state index contributed by atoms with van der Waals surface area (Å²) >= 11 is 4.94. The summed E-state index contributed by atoms with van der Waals surface area (Å²) in [5.41, 5.74) is 2.02. The Kier molecular flexibility index (Phi) is 4.68. The van der Waals surface area contributed by atoms with Gasteiger partial charge in [0.2, 0.25) is 0 Å². The Morgan fingerprint density at radius 3 is 2.72 bits per heavy atom. The van der Waals surface area contributed by atoms with E-state index in [-0.39, 0.29) is 0 Å². The highest BCUT2D eigenvalue weighted by Gasteiger charge is 2.48. The SMILES string of the molecule is CC(I)/C=C\C1C2CC=C(I)C=C2C(C)(C)C1C. The summed E-state index contributed by atoms with van der Waals surface area (Å²) in [6.45, 7) is 9.53. The van der Waals surface area contributed by atoms with Gasteiger partial charge in [-0.3, -0.25) is 0 Å². The smallest absolute Gasteiger partial charge is 0.0261 e. The van der Waals surface area contributed by atoms with Gasteiger partial charge in [0.05, 0.1) is 0 Å². The van der Waals surface area contributed by atoms with Crippen LogP contribution in [0.4, 0.5) is 0 Å². The third-order valence-electron chi connectivity index (χ3n) is 4.78. The van der Waals surface area contributed by atoms with Crippen LogP contribution in [0.3, 0.4) is 0 Å². The molecule has 0 saturated heterocycles. The summed E-state index contributed by atoms with van der Waals surface area (Å²) in [7, 11) is 0. The molecule has 0 aromatic rings. The molecule has 2 heteroatoms. The molecule has 0 N–H and O–H groups in total. The van der Waals surface area contributed by atoms with Gasteiger partial charge in [0.15, 0.2) is 0 Å². The number of allylic oxidation sites excluding steroid dienone is 6. The van der Waals surface area contributed by atoms with Crippen LogP contribution in [0.15, 0.2) is 33.5 Å². The lowest BCUT2D eigenvalue weighted by Crippen LogP contribution is -2.19. The molecular formula is C16H22I2. The highest BCUT2D eigenvalue weighted by atomic mass is 127. The third-order valence-corrected chi connectivity index (χ3v) is 5.95. The summed E-state index contributed by atoms with van der Waals surface area (Å²) in [4.78, 5) is 0. The lowest BCUT2D eigenvalue weighted by atomic mass is 9.77. The highest BCUT2D eigenvalue weighted by molar-refractivity contribution is 14.1. The van der Waals surface area contributed by atoms with Crippen molar-refractivity contribution in [2.75, 3.05) is 0 Å². The third kappa shape index (κ3) is 2.74. The molecule has 0 amide bonds. The molecule has 0 radical (unpaired) electrons. The number of fused-ring (bicyclic) bond motifs is 1. The zero-order valence-corrected chi connectivity index (χ0v) is 15.9. The summed E-state index contributed by atoms with van der Waals surface area (Å²) in [5.74, 6) is 2.18. The van der Waals surface area contributed by atoms with Crippen molar-refractivity contribution in [3.63, 3.8) is 0 Å². The first-order valence-electron chi connectivity index (χ1n) is 6.74. The van der Waals surface area contributed by atoms with Crippen molar-refractivity contribution in [2.24, 2.45) is 23.2 Å². The van der Waals surface area contributed by atoms with Gasteiger partial charge >= 0.3 is 0 Å². The first-order chi connectivity index (χ1) is 8.34. The van der Waals surface area contributed by atoms with E-state index in [9.17, 15) is 0 Å². The molecule has 4 unspecified atom stereocenters. The van der Waals surface area contributed by atoms with E-state index in [0.717, 1.165) is 11.8 Å². The van der Waals surface area contributed by atoms with Gasteiger partial charge in [-0.15, -0.1) is 0 Å². The molecule has 0 aliphatic heterocycles. The molecule has 0 aromatic heterocycles. The quantitative estimate of drug-likeness (QED) is 0.268. The Morgan fingerprint density at radius 2 is 2.11 bits per heavy atom. The molecule has 18 heavy (non-hydrogen) atoms. The Labute approximate surface area is 139 Å². The molecule has 100 valence electrons. The van der Waals surface area contributed by atoms with Gasteiger partial charge in [0.25, 0.3) is 0 Å². The van der Waals surface area contributed by atoms with Crippen LogP contribution in [0.5, 0.6) is 0 Å². The summed E-state index contributed by atoms with van der Waals surface area (Å²) in [6, 6.07) is 0. The Hall–Kier alpha value is 0.680. The van der Waals surface area contributed by atoms with E-state index in [0.29, 0.717) is 15.3 Å². The summed E-state index contributed by atoms with van der Waals surface area (Å²) in [6.07, 6.45) is 10.9. The largest absolute Gasteiger partial charge is 0.0835 e. The molecule has 1 fully saturated rings. The zero-order valence-electron chi connectivity index (χ0n) is 11.6. The van der Waals surface area contributed by atoms with E-state index in [4.69, 9.17) is 0 Å². The minimum absolute atomic E-state index is 0.346. The van der Waals surface area contributed by atoms with Crippen molar-refractivity contribution in [2.45, 2.75) is 38.0 Å². The second-order valence-corrected chi connectivity index (χ2v) is 9.39. The normalized spacial score (nSPS) is 36.2. The second-order valence-electron chi connectivity index (χ2n) is 6.18. The fraction of sp³-hybridized carbons (Fsp3) is 0.625. The molecular weight excluding hydrogens is 446 g/mol. The number of hydrogen-bond acceptors (Lipinski definition) is 0. The molecule has 2 aliphatic rings. The maximum absolute atomic E-state index is 2.49. The molecule has 0 heterocycles. The number of halogens is 2. The van der Waals surface area contributed by atoms with Gasteiger partial charge in [-0.25, -0.2) is 0 Å². The lowest BCUT2D eigenvalue weighted by Gasteiger charge is -2.28. The Bertz CT molecular complexity index is 413. The van der Waals surface area contributed by atoms with Crippen molar-refractivity contribution in [1.29, 1.82) is 0 Å². The Morgan fingerprint density at radius 1 is 1.44 bits per heavy atom. The van der Waals surface area contributed by atoms with Crippen LogP contribution in [0.2, 0.25) is 0 Å². The molecule has 4 atom stereocenters. The average Bonchev–Trinajstić information content (AvgIpc) is 2.46. The Balaban J connectivity index is 2.33. The predicted molar refractivity (Wildman–Crippen MR) is 97.4 cm³/mol. The van der Waals surface area contributed by atoms with Gasteiger partial charge in [-0.2, -0.15) is 0 Å². The van der Waals surface area contributed by atoms with Crippen LogP contribution in [-0.4, -0.2) is 3.92 Å². The van der Waals surface area contributed by atoms with E-state index < -0.39 is 0 Å². The molecule has 1 saturated carbocycles. The molecule has 0 aromatic carbocycles. The fourth-order valence-corrected chi connectivity index (χ4v) is 4.21. The number of hydrogen-bond donors (Lipinski definition) is 0. The van der Waals surface area contributed by atoms with Crippen LogP contribution in [0.1, 0.15) is 34.1 Å². The minimum atomic E-state index is 0.346. The summed E-state index contributed by atoms with van der Waals surface area (Å²) < 4.78 is 2.05. The van der Waals surface area contributed by atoms with Crippen molar-refractivity contribution in [3.8, 4) is 0 Å². The lowest BCUT2D eigenvalue weighted by molar-refractivity contribution is 0.286. The van der Waals surface area contributed by atoms with Crippen LogP contribution >= 0.6 is 45.2 Å². The molecule has 2 rings (SSSR count). The van der Waals surface area contributed by atoms with Crippen molar-refractivity contribution in [1.82, 2.24) is 0 Å². The van der Waals surface area contributed by atoms with Crippen molar-refractivity contribution >= 4 is 45.2 Å². The molecule has 0 nitrogen and oxygen atoms in total. The van der Waals surface area contributed by atoms with Crippen LogP contribution in [0.25, 0.3) is 0 Å². The monoisotopic (exact) mass is 468 g/mol. The maximum atomic E-state index is 2.49. The predicted octanol–water partition coefficient (Wildman–Crippen LogP) is 5.92. The molecule has 2 aliphatic carbocycles. The molecule has 0 bridgehead atoms. The minimum Gasteiger partial charge on any atom is -0.0835 e. The van der Waals surface area contributed by atoms with Gasteiger partial charge in [0, 0.05) is 7.50 Å². The van der Waals surface area contributed by atoms with E-state index in [1.807, 2.05) is 0 Å². The van der Waals surface area contributed by atoms with Gasteiger partial charge in [0.1, 0.15) is 0 Å². The fourth-order valence-electron chi connectivity index (χ4n) is 3.38. The van der Waals surface area contributed by atoms with Crippen molar-refractivity contribution in [3.05, 3.63) is 33.5 Å².